The highest BCUT2D eigenvalue weighted by Gasteiger charge is 2.40. The van der Waals surface area contributed by atoms with Gasteiger partial charge < -0.3 is 19.7 Å². The SMILES string of the molecule is O=C(CCNC1CCS(=O)(=O)C1)N1CCC2(CC1)OCCO2. The Morgan fingerprint density at radius 3 is 2.50 bits per heavy atom. The average Bonchev–Trinajstić information content (AvgIpc) is 3.07. The molecule has 7 nitrogen and oxygen atoms in total. The van der Waals surface area contributed by atoms with E-state index < -0.39 is 15.6 Å². The van der Waals surface area contributed by atoms with Crippen molar-refractivity contribution in [3.63, 3.8) is 0 Å². The monoisotopic (exact) mass is 332 g/mol. The Kier molecular flexibility index (Phi) is 4.72. The standard InChI is InChI=1S/C14H24N2O5S/c17-13(1-5-15-12-2-10-22(18,19)11-12)16-6-3-14(4-7-16)20-8-9-21-14/h12,15H,1-11H2. The second kappa shape index (κ2) is 6.43. The van der Waals surface area contributed by atoms with Crippen molar-refractivity contribution in [2.75, 3.05) is 44.4 Å². The van der Waals surface area contributed by atoms with Gasteiger partial charge in [-0.15, -0.1) is 0 Å². The first-order valence-corrected chi connectivity index (χ1v) is 9.80. The molecule has 0 aromatic carbocycles. The summed E-state index contributed by atoms with van der Waals surface area (Å²) in [5.41, 5.74) is 0. The third-order valence-corrected chi connectivity index (χ3v) is 6.46. The van der Waals surface area contributed by atoms with Crippen LogP contribution >= 0.6 is 0 Å². The van der Waals surface area contributed by atoms with Crippen molar-refractivity contribution in [3.05, 3.63) is 0 Å². The Bertz CT molecular complexity index is 505. The third kappa shape index (κ3) is 3.79. The van der Waals surface area contributed by atoms with Gasteiger partial charge in [-0.2, -0.15) is 0 Å². The molecule has 3 rings (SSSR count). The molecule has 3 aliphatic heterocycles. The van der Waals surface area contributed by atoms with Crippen molar-refractivity contribution in [1.82, 2.24) is 10.2 Å². The molecule has 3 aliphatic rings. The predicted octanol–water partition coefficient (Wildman–Crippen LogP) is -0.481. The van der Waals surface area contributed by atoms with E-state index in [1.165, 1.54) is 0 Å². The average molecular weight is 332 g/mol. The van der Waals surface area contributed by atoms with Gasteiger partial charge >= 0.3 is 0 Å². The van der Waals surface area contributed by atoms with E-state index in [1.54, 1.807) is 0 Å². The number of nitrogens with one attached hydrogen (secondary N) is 1. The lowest BCUT2D eigenvalue weighted by atomic mass is 10.0. The number of hydrogen-bond acceptors (Lipinski definition) is 6. The fourth-order valence-corrected chi connectivity index (χ4v) is 5.09. The topological polar surface area (TPSA) is 84.9 Å². The van der Waals surface area contributed by atoms with E-state index in [4.69, 9.17) is 9.47 Å². The summed E-state index contributed by atoms with van der Waals surface area (Å²) < 4.78 is 34.0. The molecule has 0 bridgehead atoms. The van der Waals surface area contributed by atoms with E-state index >= 15 is 0 Å². The molecule has 1 amide bonds. The number of nitrogens with zero attached hydrogens (tertiary/aromatic N) is 1. The molecule has 0 radical (unpaired) electrons. The summed E-state index contributed by atoms with van der Waals surface area (Å²) in [5.74, 6) is 0.114. The van der Waals surface area contributed by atoms with Gasteiger partial charge in [0.15, 0.2) is 15.6 Å². The van der Waals surface area contributed by atoms with Crippen LogP contribution in [0, 0.1) is 0 Å². The van der Waals surface area contributed by atoms with Crippen molar-refractivity contribution >= 4 is 15.7 Å². The summed E-state index contributed by atoms with van der Waals surface area (Å²) >= 11 is 0. The molecular weight excluding hydrogens is 308 g/mol. The molecule has 0 saturated carbocycles. The number of likely N-dealkylation sites (tertiary alicyclic amines) is 1. The lowest BCUT2D eigenvalue weighted by molar-refractivity contribution is -0.187. The van der Waals surface area contributed by atoms with Crippen LogP contribution in [0.2, 0.25) is 0 Å². The fourth-order valence-electron chi connectivity index (χ4n) is 3.38. The quantitative estimate of drug-likeness (QED) is 0.748. The van der Waals surface area contributed by atoms with Gasteiger partial charge in [-0.1, -0.05) is 0 Å². The number of carbonyl (C=O) groups excluding carboxylic acids is 1. The molecule has 3 fully saturated rings. The Morgan fingerprint density at radius 1 is 1.23 bits per heavy atom. The maximum absolute atomic E-state index is 12.2. The molecule has 3 saturated heterocycles. The van der Waals surface area contributed by atoms with E-state index in [2.05, 4.69) is 5.32 Å². The first kappa shape index (κ1) is 16.2. The predicted molar refractivity (Wildman–Crippen MR) is 80.1 cm³/mol. The fraction of sp³-hybridized carbons (Fsp3) is 0.929. The molecule has 126 valence electrons. The first-order chi connectivity index (χ1) is 10.5. The number of rotatable bonds is 4. The van der Waals surface area contributed by atoms with Gasteiger partial charge in [-0.05, 0) is 6.42 Å². The van der Waals surface area contributed by atoms with Crippen molar-refractivity contribution in [3.8, 4) is 0 Å². The summed E-state index contributed by atoms with van der Waals surface area (Å²) in [6.45, 7) is 3.14. The molecule has 0 aromatic heterocycles. The highest BCUT2D eigenvalue weighted by atomic mass is 32.2. The van der Waals surface area contributed by atoms with Crippen molar-refractivity contribution in [1.29, 1.82) is 0 Å². The zero-order chi connectivity index (χ0) is 15.6. The van der Waals surface area contributed by atoms with Crippen LogP contribution in [0.5, 0.6) is 0 Å². The minimum atomic E-state index is -2.87. The van der Waals surface area contributed by atoms with Crippen molar-refractivity contribution in [2.45, 2.75) is 37.5 Å². The molecule has 1 spiro atoms. The van der Waals surface area contributed by atoms with Gasteiger partial charge in [0.2, 0.25) is 5.91 Å². The third-order valence-electron chi connectivity index (χ3n) is 4.70. The van der Waals surface area contributed by atoms with Crippen LogP contribution in [0.1, 0.15) is 25.7 Å². The smallest absolute Gasteiger partial charge is 0.223 e. The van der Waals surface area contributed by atoms with Crippen LogP contribution < -0.4 is 5.32 Å². The van der Waals surface area contributed by atoms with Gasteiger partial charge in [0, 0.05) is 44.9 Å². The number of piperidine rings is 1. The number of sulfone groups is 1. The number of carbonyl (C=O) groups is 1. The van der Waals surface area contributed by atoms with E-state index in [9.17, 15) is 13.2 Å². The van der Waals surface area contributed by atoms with Crippen molar-refractivity contribution in [2.24, 2.45) is 0 Å². The molecule has 8 heteroatoms. The number of hydrogen-bond donors (Lipinski definition) is 1. The second-order valence-electron chi connectivity index (χ2n) is 6.29. The zero-order valence-corrected chi connectivity index (χ0v) is 13.6. The number of ether oxygens (including phenoxy) is 2. The maximum atomic E-state index is 12.2. The summed E-state index contributed by atoms with van der Waals surface area (Å²) in [5, 5.41) is 3.18. The molecule has 22 heavy (non-hydrogen) atoms. The Hall–Kier alpha value is -0.700. The van der Waals surface area contributed by atoms with Crippen LogP contribution in [-0.2, 0) is 24.1 Å². The van der Waals surface area contributed by atoms with Crippen LogP contribution in [0.25, 0.3) is 0 Å². The van der Waals surface area contributed by atoms with Crippen LogP contribution in [-0.4, -0.2) is 75.4 Å². The van der Waals surface area contributed by atoms with Gasteiger partial charge in [-0.25, -0.2) is 8.42 Å². The van der Waals surface area contributed by atoms with E-state index in [1.807, 2.05) is 4.90 Å². The van der Waals surface area contributed by atoms with Crippen LogP contribution in [0.15, 0.2) is 0 Å². The summed E-state index contributed by atoms with van der Waals surface area (Å²) in [7, 11) is -2.87. The zero-order valence-electron chi connectivity index (χ0n) is 12.8. The van der Waals surface area contributed by atoms with Crippen molar-refractivity contribution < 1.29 is 22.7 Å². The van der Waals surface area contributed by atoms with E-state index in [0.29, 0.717) is 45.7 Å². The lowest BCUT2D eigenvalue weighted by Gasteiger charge is -2.37. The molecule has 1 unspecified atom stereocenters. The minimum absolute atomic E-state index is 0.00251. The van der Waals surface area contributed by atoms with Crippen LogP contribution in [0.3, 0.4) is 0 Å². The Balaban J connectivity index is 1.36. The maximum Gasteiger partial charge on any atom is 0.223 e. The minimum Gasteiger partial charge on any atom is -0.347 e. The molecule has 3 heterocycles. The van der Waals surface area contributed by atoms with E-state index in [-0.39, 0.29) is 23.5 Å². The normalized spacial score (nSPS) is 30.0. The summed E-state index contributed by atoms with van der Waals surface area (Å²) in [6.07, 6.45) is 2.52. The molecule has 0 aromatic rings. The highest BCUT2D eigenvalue weighted by Crippen LogP contribution is 2.31. The molecule has 1 atom stereocenters. The molecular formula is C14H24N2O5S. The van der Waals surface area contributed by atoms with Gasteiger partial charge in [0.1, 0.15) is 0 Å². The highest BCUT2D eigenvalue weighted by molar-refractivity contribution is 7.91. The van der Waals surface area contributed by atoms with Gasteiger partial charge in [-0.3, -0.25) is 4.79 Å². The largest absolute Gasteiger partial charge is 0.347 e. The first-order valence-electron chi connectivity index (χ1n) is 7.98. The van der Waals surface area contributed by atoms with Gasteiger partial charge in [0.25, 0.3) is 0 Å². The van der Waals surface area contributed by atoms with Gasteiger partial charge in [0.05, 0.1) is 24.7 Å². The van der Waals surface area contributed by atoms with E-state index in [0.717, 1.165) is 12.8 Å². The van der Waals surface area contributed by atoms with Crippen LogP contribution in [0.4, 0.5) is 0 Å². The number of amides is 1. The molecule has 1 N–H and O–H groups in total. The summed E-state index contributed by atoms with van der Waals surface area (Å²) in [6, 6.07) is 0.00251. The molecule has 0 aliphatic carbocycles. The second-order valence-corrected chi connectivity index (χ2v) is 8.52. The Labute approximate surface area is 131 Å². The lowest BCUT2D eigenvalue weighted by Crippen LogP contribution is -2.47. The Morgan fingerprint density at radius 2 is 1.91 bits per heavy atom. The summed E-state index contributed by atoms with van der Waals surface area (Å²) in [4.78, 5) is 14.0.